The van der Waals surface area contributed by atoms with Gasteiger partial charge in [-0.3, -0.25) is 9.59 Å². The zero-order valence-corrected chi connectivity index (χ0v) is 20.0. The monoisotopic (exact) mass is 480 g/mol. The van der Waals surface area contributed by atoms with Crippen molar-refractivity contribution in [3.05, 3.63) is 124 Å². The van der Waals surface area contributed by atoms with Crippen LogP contribution in [0.1, 0.15) is 32.8 Å². The molecule has 3 aromatic carbocycles. The highest BCUT2D eigenvalue weighted by molar-refractivity contribution is 8.04. The van der Waals surface area contributed by atoms with Crippen LogP contribution in [-0.2, 0) is 17.9 Å². The number of furan rings is 1. The van der Waals surface area contributed by atoms with E-state index in [-0.39, 0.29) is 11.8 Å². The van der Waals surface area contributed by atoms with Crippen LogP contribution in [0.5, 0.6) is 0 Å². The molecule has 0 saturated heterocycles. The van der Waals surface area contributed by atoms with Gasteiger partial charge >= 0.3 is 0 Å². The number of amides is 2. The summed E-state index contributed by atoms with van der Waals surface area (Å²) in [5.41, 5.74) is 4.36. The van der Waals surface area contributed by atoms with E-state index in [4.69, 9.17) is 4.42 Å². The van der Waals surface area contributed by atoms with E-state index in [1.54, 1.807) is 29.4 Å². The number of nitrogens with one attached hydrogen (secondary N) is 1. The lowest BCUT2D eigenvalue weighted by molar-refractivity contribution is -0.114. The summed E-state index contributed by atoms with van der Waals surface area (Å²) in [6.45, 7) is 2.75. The number of hydrogen-bond acceptors (Lipinski definition) is 4. The molecule has 0 saturated carbocycles. The van der Waals surface area contributed by atoms with Gasteiger partial charge < -0.3 is 14.6 Å². The minimum absolute atomic E-state index is 0.0824. The molecule has 0 atom stereocenters. The third kappa shape index (κ3) is 5.23. The smallest absolute Gasteiger partial charge is 0.265 e. The number of hydrogen-bond donors (Lipinski definition) is 1. The van der Waals surface area contributed by atoms with Crippen LogP contribution in [0, 0.1) is 6.92 Å². The van der Waals surface area contributed by atoms with Crippen molar-refractivity contribution in [1.29, 1.82) is 0 Å². The largest absolute Gasteiger partial charge is 0.467 e. The van der Waals surface area contributed by atoms with Gasteiger partial charge in [0.2, 0.25) is 0 Å². The van der Waals surface area contributed by atoms with E-state index in [2.05, 4.69) is 11.4 Å². The zero-order chi connectivity index (χ0) is 24.2. The van der Waals surface area contributed by atoms with Crippen LogP contribution in [-0.4, -0.2) is 11.8 Å². The molecule has 1 aliphatic rings. The molecule has 0 bridgehead atoms. The first-order valence-corrected chi connectivity index (χ1v) is 12.1. The van der Waals surface area contributed by atoms with E-state index < -0.39 is 0 Å². The van der Waals surface area contributed by atoms with E-state index in [1.165, 1.54) is 11.8 Å². The number of carbonyl (C=O) groups excluding carboxylic acids is 2. The molecule has 0 fully saturated rings. The fourth-order valence-corrected chi connectivity index (χ4v) is 5.02. The summed E-state index contributed by atoms with van der Waals surface area (Å²) in [5, 5.41) is 2.88. The molecule has 2 heterocycles. The Morgan fingerprint density at radius 2 is 1.86 bits per heavy atom. The Hall–Kier alpha value is -4.03. The first-order chi connectivity index (χ1) is 17.1. The number of rotatable bonds is 6. The second-order valence-electron chi connectivity index (χ2n) is 8.35. The molecule has 0 radical (unpaired) electrons. The molecule has 0 spiro atoms. The van der Waals surface area contributed by atoms with Gasteiger partial charge in [-0.25, -0.2) is 0 Å². The van der Waals surface area contributed by atoms with E-state index in [0.29, 0.717) is 29.3 Å². The van der Waals surface area contributed by atoms with Crippen LogP contribution >= 0.6 is 11.8 Å². The van der Waals surface area contributed by atoms with Crippen LogP contribution < -0.4 is 10.2 Å². The standard InChI is InChI=1S/C29H24N2O3S/c1-20-7-5-10-22(15-20)19-31-25-17-23(28(32)30-18-24-11-6-14-34-24)12-13-26(25)35-27(29(31)33)16-21-8-3-2-4-9-21/h2-17H,18-19H2,1H3,(H,30,32)/b27-16-. The second kappa shape index (κ2) is 10.1. The van der Waals surface area contributed by atoms with Gasteiger partial charge in [-0.15, -0.1) is 0 Å². The van der Waals surface area contributed by atoms with Crippen LogP contribution in [0.25, 0.3) is 6.08 Å². The number of nitrogens with zero attached hydrogens (tertiary/aromatic N) is 1. The van der Waals surface area contributed by atoms with Gasteiger partial charge in [-0.2, -0.15) is 0 Å². The average Bonchev–Trinajstić information content (AvgIpc) is 3.39. The number of carbonyl (C=O) groups is 2. The highest BCUT2D eigenvalue weighted by atomic mass is 32.2. The van der Waals surface area contributed by atoms with Crippen molar-refractivity contribution >= 4 is 35.3 Å². The van der Waals surface area contributed by atoms with E-state index in [1.807, 2.05) is 73.7 Å². The molecule has 1 N–H and O–H groups in total. The maximum atomic E-state index is 13.7. The number of benzene rings is 3. The molecular weight excluding hydrogens is 456 g/mol. The van der Waals surface area contributed by atoms with Gasteiger partial charge in [0.25, 0.3) is 11.8 Å². The first kappa shape index (κ1) is 22.7. The Bertz CT molecular complexity index is 1390. The summed E-state index contributed by atoms with van der Waals surface area (Å²) in [6.07, 6.45) is 3.50. The van der Waals surface area contributed by atoms with Crippen molar-refractivity contribution < 1.29 is 14.0 Å². The van der Waals surface area contributed by atoms with Gasteiger partial charge in [-0.05, 0) is 54.5 Å². The second-order valence-corrected chi connectivity index (χ2v) is 9.43. The fourth-order valence-electron chi connectivity index (χ4n) is 3.98. The molecule has 4 aromatic rings. The third-order valence-electron chi connectivity index (χ3n) is 5.71. The molecule has 2 amide bonds. The molecular formula is C29H24N2O3S. The number of anilines is 1. The van der Waals surface area contributed by atoms with Gasteiger partial charge in [-0.1, -0.05) is 71.9 Å². The molecule has 35 heavy (non-hydrogen) atoms. The summed E-state index contributed by atoms with van der Waals surface area (Å²) in [4.78, 5) is 29.9. The Balaban J connectivity index is 1.49. The summed E-state index contributed by atoms with van der Waals surface area (Å²) >= 11 is 1.43. The third-order valence-corrected chi connectivity index (χ3v) is 6.79. The zero-order valence-electron chi connectivity index (χ0n) is 19.2. The van der Waals surface area contributed by atoms with Crippen LogP contribution in [0.2, 0.25) is 0 Å². The fraction of sp³-hybridized carbons (Fsp3) is 0.103. The quantitative estimate of drug-likeness (QED) is 0.334. The summed E-state index contributed by atoms with van der Waals surface area (Å²) < 4.78 is 5.30. The lowest BCUT2D eigenvalue weighted by atomic mass is 10.1. The predicted octanol–water partition coefficient (Wildman–Crippen LogP) is 6.20. The van der Waals surface area contributed by atoms with Gasteiger partial charge in [0.1, 0.15) is 5.76 Å². The highest BCUT2D eigenvalue weighted by Crippen LogP contribution is 2.43. The molecule has 5 nitrogen and oxygen atoms in total. The number of thioether (sulfide) groups is 1. The van der Waals surface area contributed by atoms with Crippen LogP contribution in [0.3, 0.4) is 0 Å². The Morgan fingerprint density at radius 3 is 2.63 bits per heavy atom. The molecule has 1 aliphatic heterocycles. The van der Waals surface area contributed by atoms with Crippen LogP contribution in [0.4, 0.5) is 5.69 Å². The number of fused-ring (bicyclic) bond motifs is 1. The summed E-state index contributed by atoms with van der Waals surface area (Å²) in [6, 6.07) is 27.1. The number of aryl methyl sites for hydroxylation is 1. The Labute approximate surface area is 208 Å². The normalized spacial score (nSPS) is 14.1. The maximum absolute atomic E-state index is 13.7. The Morgan fingerprint density at radius 1 is 1.00 bits per heavy atom. The first-order valence-electron chi connectivity index (χ1n) is 11.3. The molecule has 1 aromatic heterocycles. The minimum Gasteiger partial charge on any atom is -0.467 e. The molecule has 174 valence electrons. The lowest BCUT2D eigenvalue weighted by Gasteiger charge is -2.31. The van der Waals surface area contributed by atoms with E-state index in [0.717, 1.165) is 27.3 Å². The van der Waals surface area contributed by atoms with Gasteiger partial charge in [0, 0.05) is 10.5 Å². The van der Waals surface area contributed by atoms with Gasteiger partial charge in [0.15, 0.2) is 0 Å². The lowest BCUT2D eigenvalue weighted by Crippen LogP contribution is -2.34. The van der Waals surface area contributed by atoms with Crippen LogP contribution in [0.15, 0.2) is 105 Å². The maximum Gasteiger partial charge on any atom is 0.265 e. The van der Waals surface area contributed by atoms with Gasteiger partial charge in [0.05, 0.1) is 29.9 Å². The van der Waals surface area contributed by atoms with Crippen molar-refractivity contribution in [2.24, 2.45) is 0 Å². The highest BCUT2D eigenvalue weighted by Gasteiger charge is 2.30. The predicted molar refractivity (Wildman–Crippen MR) is 139 cm³/mol. The van der Waals surface area contributed by atoms with E-state index in [9.17, 15) is 9.59 Å². The molecule has 6 heteroatoms. The van der Waals surface area contributed by atoms with Crippen molar-refractivity contribution in [2.75, 3.05) is 4.90 Å². The molecule has 0 unspecified atom stereocenters. The van der Waals surface area contributed by atoms with Crippen molar-refractivity contribution in [2.45, 2.75) is 24.9 Å². The van der Waals surface area contributed by atoms with Crippen molar-refractivity contribution in [3.63, 3.8) is 0 Å². The molecule has 0 aliphatic carbocycles. The van der Waals surface area contributed by atoms with E-state index >= 15 is 0 Å². The minimum atomic E-state index is -0.220. The Kier molecular flexibility index (Phi) is 6.55. The SMILES string of the molecule is Cc1cccc(CN2C(=O)/C(=C/c3ccccc3)Sc3ccc(C(=O)NCc4ccco4)cc32)c1. The summed E-state index contributed by atoms with van der Waals surface area (Å²) in [7, 11) is 0. The summed E-state index contributed by atoms with van der Waals surface area (Å²) in [5.74, 6) is 0.377. The topological polar surface area (TPSA) is 62.6 Å². The molecule has 5 rings (SSSR count). The van der Waals surface area contributed by atoms with Crippen molar-refractivity contribution in [1.82, 2.24) is 5.32 Å². The average molecular weight is 481 g/mol. The van der Waals surface area contributed by atoms with Crippen molar-refractivity contribution in [3.8, 4) is 0 Å².